The molecule has 3 unspecified atom stereocenters. The van der Waals surface area contributed by atoms with Crippen LogP contribution in [0.15, 0.2) is 0 Å². The molecule has 0 saturated heterocycles. The van der Waals surface area contributed by atoms with E-state index in [1.54, 1.807) is 6.92 Å². The fraction of sp³-hybridized carbons (Fsp3) is 1.00. The highest BCUT2D eigenvalue weighted by Gasteiger charge is 2.40. The smallest absolute Gasteiger partial charge is 0.0643 e. The van der Waals surface area contributed by atoms with Gasteiger partial charge in [-0.05, 0) is 26.3 Å². The molecule has 0 bridgehead atoms. The van der Waals surface area contributed by atoms with Crippen LogP contribution in [0.3, 0.4) is 0 Å². The second-order valence-electron chi connectivity index (χ2n) is 4.26. The Kier molecular flexibility index (Phi) is 7.09. The Balaban J connectivity index is 4.57. The van der Waals surface area contributed by atoms with Crippen molar-refractivity contribution in [3.05, 3.63) is 0 Å². The summed E-state index contributed by atoms with van der Waals surface area (Å²) < 4.78 is 0. The molecular formula is C11H25NO3. The van der Waals surface area contributed by atoms with E-state index in [0.29, 0.717) is 19.4 Å². The third-order valence-corrected chi connectivity index (χ3v) is 3.23. The van der Waals surface area contributed by atoms with E-state index in [0.717, 1.165) is 12.8 Å². The van der Waals surface area contributed by atoms with Gasteiger partial charge in [-0.2, -0.15) is 0 Å². The zero-order valence-electron chi connectivity index (χ0n) is 9.82. The molecule has 0 aromatic carbocycles. The summed E-state index contributed by atoms with van der Waals surface area (Å²) in [5.74, 6) is 0. The summed E-state index contributed by atoms with van der Waals surface area (Å²) >= 11 is 0. The van der Waals surface area contributed by atoms with Gasteiger partial charge in [-0.15, -0.1) is 0 Å². The van der Waals surface area contributed by atoms with Crippen molar-refractivity contribution in [1.82, 2.24) is 0 Å². The largest absolute Gasteiger partial charge is 0.396 e. The number of aliphatic hydroxyl groups is 3. The van der Waals surface area contributed by atoms with Crippen molar-refractivity contribution < 1.29 is 15.3 Å². The third kappa shape index (κ3) is 3.72. The average molecular weight is 219 g/mol. The van der Waals surface area contributed by atoms with Crippen molar-refractivity contribution in [2.24, 2.45) is 11.1 Å². The van der Waals surface area contributed by atoms with Gasteiger partial charge in [0.2, 0.25) is 0 Å². The van der Waals surface area contributed by atoms with Gasteiger partial charge in [-0.1, -0.05) is 19.8 Å². The predicted molar refractivity (Wildman–Crippen MR) is 60.4 cm³/mol. The lowest BCUT2D eigenvalue weighted by Crippen LogP contribution is -2.48. The molecular weight excluding hydrogens is 194 g/mol. The lowest BCUT2D eigenvalue weighted by molar-refractivity contribution is -0.0990. The minimum absolute atomic E-state index is 0.229. The van der Waals surface area contributed by atoms with Crippen molar-refractivity contribution in [3.63, 3.8) is 0 Å². The van der Waals surface area contributed by atoms with Crippen LogP contribution in [0, 0.1) is 5.41 Å². The molecule has 0 rings (SSSR count). The minimum atomic E-state index is -0.857. The van der Waals surface area contributed by atoms with Crippen molar-refractivity contribution in [2.45, 2.75) is 51.7 Å². The molecule has 0 fully saturated rings. The molecule has 0 spiro atoms. The van der Waals surface area contributed by atoms with Gasteiger partial charge in [-0.25, -0.2) is 0 Å². The number of unbranched alkanes of at least 4 members (excludes halogenated alkanes) is 1. The highest BCUT2D eigenvalue weighted by atomic mass is 16.3. The quantitative estimate of drug-likeness (QED) is 0.471. The average Bonchev–Trinajstić information content (AvgIpc) is 2.22. The molecule has 5 N–H and O–H groups in total. The van der Waals surface area contributed by atoms with Gasteiger partial charge in [0.15, 0.2) is 0 Å². The molecule has 0 radical (unpaired) electrons. The second-order valence-corrected chi connectivity index (χ2v) is 4.26. The maximum Gasteiger partial charge on any atom is 0.0643 e. The number of hydrogen-bond donors (Lipinski definition) is 4. The molecule has 0 amide bonds. The van der Waals surface area contributed by atoms with Gasteiger partial charge in [0.05, 0.1) is 18.8 Å². The first-order chi connectivity index (χ1) is 7.05. The first-order valence-corrected chi connectivity index (χ1v) is 5.72. The molecule has 0 aliphatic heterocycles. The van der Waals surface area contributed by atoms with Crippen molar-refractivity contribution in [1.29, 1.82) is 0 Å². The van der Waals surface area contributed by atoms with Gasteiger partial charge in [0.1, 0.15) is 0 Å². The predicted octanol–water partition coefficient (Wildman–Crippen LogP) is 0.246. The Morgan fingerprint density at radius 1 is 1.33 bits per heavy atom. The van der Waals surface area contributed by atoms with Gasteiger partial charge < -0.3 is 21.1 Å². The highest BCUT2D eigenvalue weighted by Crippen LogP contribution is 2.32. The van der Waals surface area contributed by atoms with E-state index in [1.165, 1.54) is 0 Å². The fourth-order valence-corrected chi connectivity index (χ4v) is 1.92. The Hall–Kier alpha value is -0.160. The molecule has 0 saturated carbocycles. The lowest BCUT2D eigenvalue weighted by atomic mass is 9.73. The number of aliphatic hydroxyl groups excluding tert-OH is 3. The van der Waals surface area contributed by atoms with E-state index in [9.17, 15) is 15.3 Å². The van der Waals surface area contributed by atoms with Gasteiger partial charge >= 0.3 is 0 Å². The SMILES string of the molecule is CCCCC(O)C(CO)(CCN)C(C)O. The summed E-state index contributed by atoms with van der Waals surface area (Å²) in [6, 6.07) is 0. The normalized spacial score (nSPS) is 19.6. The van der Waals surface area contributed by atoms with Crippen LogP contribution in [-0.4, -0.2) is 40.7 Å². The molecule has 0 aromatic rings. The summed E-state index contributed by atoms with van der Waals surface area (Å²) in [5, 5.41) is 29.1. The molecule has 0 aliphatic carbocycles. The highest BCUT2D eigenvalue weighted by molar-refractivity contribution is 4.90. The van der Waals surface area contributed by atoms with E-state index in [-0.39, 0.29) is 6.61 Å². The Labute approximate surface area is 92.1 Å². The van der Waals surface area contributed by atoms with Crippen LogP contribution in [0.5, 0.6) is 0 Å². The maximum atomic E-state index is 10.0. The number of nitrogens with two attached hydrogens (primary N) is 1. The second kappa shape index (κ2) is 7.17. The summed E-state index contributed by atoms with van der Waals surface area (Å²) in [6.45, 7) is 3.76. The molecule has 3 atom stereocenters. The molecule has 0 aromatic heterocycles. The van der Waals surface area contributed by atoms with Crippen LogP contribution < -0.4 is 5.73 Å². The van der Waals surface area contributed by atoms with E-state index in [4.69, 9.17) is 5.73 Å². The third-order valence-electron chi connectivity index (χ3n) is 3.23. The van der Waals surface area contributed by atoms with Crippen LogP contribution in [0.2, 0.25) is 0 Å². The summed E-state index contributed by atoms with van der Waals surface area (Å²) in [5.41, 5.74) is 4.60. The number of hydrogen-bond acceptors (Lipinski definition) is 4. The van der Waals surface area contributed by atoms with Crippen LogP contribution >= 0.6 is 0 Å². The Morgan fingerprint density at radius 2 is 1.93 bits per heavy atom. The summed E-state index contributed by atoms with van der Waals surface area (Å²) in [6.07, 6.45) is 1.47. The molecule has 0 heterocycles. The Morgan fingerprint density at radius 3 is 2.27 bits per heavy atom. The zero-order chi connectivity index (χ0) is 11.9. The zero-order valence-corrected chi connectivity index (χ0v) is 9.82. The van der Waals surface area contributed by atoms with E-state index < -0.39 is 17.6 Å². The van der Waals surface area contributed by atoms with Gasteiger partial charge in [-0.3, -0.25) is 0 Å². The van der Waals surface area contributed by atoms with Gasteiger partial charge in [0, 0.05) is 5.41 Å². The molecule has 0 aliphatic rings. The van der Waals surface area contributed by atoms with Crippen LogP contribution in [0.4, 0.5) is 0 Å². The van der Waals surface area contributed by atoms with E-state index in [1.807, 2.05) is 6.92 Å². The Bertz CT molecular complexity index is 164. The van der Waals surface area contributed by atoms with Crippen molar-refractivity contribution in [2.75, 3.05) is 13.2 Å². The maximum absolute atomic E-state index is 10.0. The minimum Gasteiger partial charge on any atom is -0.396 e. The molecule has 92 valence electrons. The van der Waals surface area contributed by atoms with Crippen LogP contribution in [0.1, 0.15) is 39.5 Å². The summed E-state index contributed by atoms with van der Waals surface area (Å²) in [7, 11) is 0. The first-order valence-electron chi connectivity index (χ1n) is 5.72. The van der Waals surface area contributed by atoms with E-state index >= 15 is 0 Å². The van der Waals surface area contributed by atoms with Crippen LogP contribution in [-0.2, 0) is 0 Å². The lowest BCUT2D eigenvalue weighted by Gasteiger charge is -2.39. The molecule has 4 nitrogen and oxygen atoms in total. The first kappa shape index (κ1) is 14.8. The standard InChI is InChI=1S/C11H25NO3/c1-3-4-5-10(15)11(8-13,6-7-12)9(2)14/h9-10,13-15H,3-8,12H2,1-2H3. The topological polar surface area (TPSA) is 86.7 Å². The van der Waals surface area contributed by atoms with Gasteiger partial charge in [0.25, 0.3) is 0 Å². The number of rotatable bonds is 8. The van der Waals surface area contributed by atoms with Crippen LogP contribution in [0.25, 0.3) is 0 Å². The fourth-order valence-electron chi connectivity index (χ4n) is 1.92. The van der Waals surface area contributed by atoms with Crippen molar-refractivity contribution >= 4 is 0 Å². The summed E-state index contributed by atoms with van der Waals surface area (Å²) in [4.78, 5) is 0. The van der Waals surface area contributed by atoms with E-state index in [2.05, 4.69) is 0 Å². The monoisotopic (exact) mass is 219 g/mol. The molecule has 15 heavy (non-hydrogen) atoms. The van der Waals surface area contributed by atoms with Crippen molar-refractivity contribution in [3.8, 4) is 0 Å². The molecule has 4 heteroatoms.